The lowest BCUT2D eigenvalue weighted by Gasteiger charge is -2.17. The van der Waals surface area contributed by atoms with Crippen LogP contribution in [0.25, 0.3) is 11.0 Å². The average molecular weight is 340 g/mol. The minimum Gasteiger partial charge on any atom is -0.492 e. The van der Waals surface area contributed by atoms with E-state index >= 15 is 0 Å². The molecule has 0 fully saturated rings. The molecule has 2 aromatic carbocycles. The highest BCUT2D eigenvalue weighted by Crippen LogP contribution is 2.24. The van der Waals surface area contributed by atoms with E-state index in [4.69, 9.17) is 4.74 Å². The standard InChI is InChI=1S/C18H20N4O3/c1-3-25-16-7-5-4-6-14(16)20-17(23)11(2)19-12-8-9-13-15(10-12)22-18(24)21-13/h4-11,19H,3H2,1-2H3,(H,20,23)(H2,21,22,24). The summed E-state index contributed by atoms with van der Waals surface area (Å²) in [6, 6.07) is 12.2. The number of imidazole rings is 1. The molecule has 1 atom stereocenters. The molecule has 25 heavy (non-hydrogen) atoms. The second-order valence-corrected chi connectivity index (χ2v) is 5.62. The van der Waals surface area contributed by atoms with E-state index in [0.717, 1.165) is 11.2 Å². The first-order chi connectivity index (χ1) is 12.1. The second kappa shape index (κ2) is 7.12. The van der Waals surface area contributed by atoms with Crippen LogP contribution in [-0.2, 0) is 4.79 Å². The number of para-hydroxylation sites is 2. The molecule has 1 aromatic heterocycles. The van der Waals surface area contributed by atoms with E-state index in [2.05, 4.69) is 20.6 Å². The predicted molar refractivity (Wildman–Crippen MR) is 98.2 cm³/mol. The van der Waals surface area contributed by atoms with Gasteiger partial charge in [-0.3, -0.25) is 4.79 Å². The molecule has 0 saturated heterocycles. The maximum Gasteiger partial charge on any atom is 0.323 e. The number of carbonyl (C=O) groups excluding carboxylic acids is 1. The average Bonchev–Trinajstić information content (AvgIpc) is 2.96. The third kappa shape index (κ3) is 3.82. The molecule has 0 aliphatic heterocycles. The number of rotatable bonds is 6. The Kier molecular flexibility index (Phi) is 4.74. The lowest BCUT2D eigenvalue weighted by atomic mass is 10.2. The maximum atomic E-state index is 12.4. The topological polar surface area (TPSA) is 99.0 Å². The van der Waals surface area contributed by atoms with Gasteiger partial charge in [0.15, 0.2) is 0 Å². The van der Waals surface area contributed by atoms with Gasteiger partial charge < -0.3 is 25.3 Å². The van der Waals surface area contributed by atoms with Gasteiger partial charge in [0.2, 0.25) is 5.91 Å². The largest absolute Gasteiger partial charge is 0.492 e. The number of aromatic nitrogens is 2. The molecule has 3 rings (SSSR count). The van der Waals surface area contributed by atoms with Crippen LogP contribution in [0.15, 0.2) is 47.3 Å². The quantitative estimate of drug-likeness (QED) is 0.554. The van der Waals surface area contributed by atoms with E-state index in [1.54, 1.807) is 25.1 Å². The molecule has 7 heteroatoms. The molecule has 0 aliphatic carbocycles. The second-order valence-electron chi connectivity index (χ2n) is 5.62. The zero-order valence-electron chi connectivity index (χ0n) is 14.1. The molecule has 0 spiro atoms. The van der Waals surface area contributed by atoms with E-state index in [9.17, 15) is 9.59 Å². The number of carbonyl (C=O) groups is 1. The third-order valence-electron chi connectivity index (χ3n) is 3.74. The van der Waals surface area contributed by atoms with Gasteiger partial charge in [0.25, 0.3) is 0 Å². The highest BCUT2D eigenvalue weighted by Gasteiger charge is 2.15. The Bertz CT molecular complexity index is 945. The van der Waals surface area contributed by atoms with Crippen molar-refractivity contribution in [3.63, 3.8) is 0 Å². The van der Waals surface area contributed by atoms with Gasteiger partial charge in [-0.1, -0.05) is 12.1 Å². The Balaban J connectivity index is 1.70. The van der Waals surface area contributed by atoms with Gasteiger partial charge in [-0.25, -0.2) is 4.79 Å². The summed E-state index contributed by atoms with van der Waals surface area (Å²) in [6.45, 7) is 4.18. The first-order valence-electron chi connectivity index (χ1n) is 8.08. The summed E-state index contributed by atoms with van der Waals surface area (Å²) < 4.78 is 5.51. The molecule has 7 nitrogen and oxygen atoms in total. The predicted octanol–water partition coefficient (Wildman–Crippen LogP) is 2.69. The highest BCUT2D eigenvalue weighted by molar-refractivity contribution is 5.97. The number of aromatic amines is 2. The van der Waals surface area contributed by atoms with E-state index in [1.165, 1.54) is 0 Å². The summed E-state index contributed by atoms with van der Waals surface area (Å²) in [4.78, 5) is 29.1. The highest BCUT2D eigenvalue weighted by atomic mass is 16.5. The number of anilines is 2. The summed E-state index contributed by atoms with van der Waals surface area (Å²) in [5.41, 5.74) is 2.52. The molecule has 0 saturated carbocycles. The smallest absolute Gasteiger partial charge is 0.323 e. The first-order valence-corrected chi connectivity index (χ1v) is 8.08. The Labute approximate surface area is 144 Å². The molecule has 1 unspecified atom stereocenters. The van der Waals surface area contributed by atoms with Crippen molar-refractivity contribution in [2.75, 3.05) is 17.2 Å². The lowest BCUT2D eigenvalue weighted by Crippen LogP contribution is -2.32. The van der Waals surface area contributed by atoms with Crippen molar-refractivity contribution in [3.05, 3.63) is 52.9 Å². The van der Waals surface area contributed by atoms with Gasteiger partial charge in [-0.05, 0) is 44.2 Å². The molecule has 0 bridgehead atoms. The number of nitrogens with one attached hydrogen (secondary N) is 4. The third-order valence-corrected chi connectivity index (χ3v) is 3.74. The van der Waals surface area contributed by atoms with Gasteiger partial charge in [-0.2, -0.15) is 0 Å². The van der Waals surface area contributed by atoms with E-state index in [-0.39, 0.29) is 11.6 Å². The molecule has 1 amide bonds. The molecular weight excluding hydrogens is 320 g/mol. The van der Waals surface area contributed by atoms with Gasteiger partial charge >= 0.3 is 5.69 Å². The Morgan fingerprint density at radius 1 is 1.16 bits per heavy atom. The van der Waals surface area contributed by atoms with E-state index < -0.39 is 6.04 Å². The Hall–Kier alpha value is -3.22. The molecule has 130 valence electrons. The van der Waals surface area contributed by atoms with Crippen molar-refractivity contribution in [3.8, 4) is 5.75 Å². The summed E-state index contributed by atoms with van der Waals surface area (Å²) in [5, 5.41) is 5.99. The fourth-order valence-corrected chi connectivity index (χ4v) is 2.53. The fraction of sp³-hybridized carbons (Fsp3) is 0.222. The van der Waals surface area contributed by atoms with Crippen LogP contribution < -0.4 is 21.1 Å². The normalized spacial score (nSPS) is 11.9. The van der Waals surface area contributed by atoms with E-state index in [1.807, 2.05) is 31.2 Å². The molecule has 0 aliphatic rings. The number of benzene rings is 2. The zero-order chi connectivity index (χ0) is 17.8. The summed E-state index contributed by atoms with van der Waals surface area (Å²) >= 11 is 0. The number of H-pyrrole nitrogens is 2. The van der Waals surface area contributed by atoms with Gasteiger partial charge in [-0.15, -0.1) is 0 Å². The molecule has 4 N–H and O–H groups in total. The molecule has 3 aromatic rings. The van der Waals surface area contributed by atoms with Crippen LogP contribution >= 0.6 is 0 Å². The molecule has 1 heterocycles. The van der Waals surface area contributed by atoms with Crippen LogP contribution in [0.3, 0.4) is 0 Å². The lowest BCUT2D eigenvalue weighted by molar-refractivity contribution is -0.116. The number of ether oxygens (including phenoxy) is 1. The number of fused-ring (bicyclic) bond motifs is 1. The number of hydrogen-bond acceptors (Lipinski definition) is 4. The first kappa shape index (κ1) is 16.6. The Morgan fingerprint density at radius 2 is 1.92 bits per heavy atom. The van der Waals surface area contributed by atoms with Gasteiger partial charge in [0.05, 0.1) is 23.3 Å². The van der Waals surface area contributed by atoms with Crippen LogP contribution in [0.2, 0.25) is 0 Å². The van der Waals surface area contributed by atoms with Gasteiger partial charge in [0.1, 0.15) is 11.8 Å². The van der Waals surface area contributed by atoms with Crippen molar-refractivity contribution >= 4 is 28.3 Å². The van der Waals surface area contributed by atoms with Crippen LogP contribution in [0.5, 0.6) is 5.75 Å². The maximum absolute atomic E-state index is 12.4. The summed E-state index contributed by atoms with van der Waals surface area (Å²) in [7, 11) is 0. The zero-order valence-corrected chi connectivity index (χ0v) is 14.1. The Morgan fingerprint density at radius 3 is 2.72 bits per heavy atom. The summed E-state index contributed by atoms with van der Waals surface area (Å²) in [6.07, 6.45) is 0. The van der Waals surface area contributed by atoms with Crippen molar-refractivity contribution in [2.24, 2.45) is 0 Å². The monoisotopic (exact) mass is 340 g/mol. The number of hydrogen-bond donors (Lipinski definition) is 4. The molecule has 0 radical (unpaired) electrons. The van der Waals surface area contributed by atoms with Crippen LogP contribution in [0.1, 0.15) is 13.8 Å². The van der Waals surface area contributed by atoms with Crippen LogP contribution in [0, 0.1) is 0 Å². The van der Waals surface area contributed by atoms with Crippen molar-refractivity contribution < 1.29 is 9.53 Å². The summed E-state index contributed by atoms with van der Waals surface area (Å²) in [5.74, 6) is 0.451. The van der Waals surface area contributed by atoms with Crippen molar-refractivity contribution in [1.82, 2.24) is 9.97 Å². The SMILES string of the molecule is CCOc1ccccc1NC(=O)C(C)Nc1ccc2[nH]c(=O)[nH]c2c1. The van der Waals surface area contributed by atoms with Crippen LogP contribution in [0.4, 0.5) is 11.4 Å². The van der Waals surface area contributed by atoms with Crippen molar-refractivity contribution in [2.45, 2.75) is 19.9 Å². The minimum atomic E-state index is -0.474. The fourth-order valence-electron chi connectivity index (χ4n) is 2.53. The minimum absolute atomic E-state index is 0.185. The van der Waals surface area contributed by atoms with Gasteiger partial charge in [0, 0.05) is 5.69 Å². The number of amides is 1. The van der Waals surface area contributed by atoms with E-state index in [0.29, 0.717) is 23.6 Å². The van der Waals surface area contributed by atoms with Crippen LogP contribution in [-0.4, -0.2) is 28.5 Å². The van der Waals surface area contributed by atoms with Crippen molar-refractivity contribution in [1.29, 1.82) is 0 Å². The molecular formula is C18H20N4O3.